The van der Waals surface area contributed by atoms with Gasteiger partial charge in [-0.2, -0.15) is 0 Å². The van der Waals surface area contributed by atoms with Crippen LogP contribution in [0.15, 0.2) is 66.7 Å². The first kappa shape index (κ1) is 27.2. The molecular formula is C32H35N3O6. The number of aliphatic hydroxyl groups is 1. The van der Waals surface area contributed by atoms with Gasteiger partial charge in [-0.15, -0.1) is 0 Å². The zero-order valence-corrected chi connectivity index (χ0v) is 23.4. The topological polar surface area (TPSA) is 117 Å². The van der Waals surface area contributed by atoms with E-state index < -0.39 is 35.0 Å². The van der Waals surface area contributed by atoms with Gasteiger partial charge >= 0.3 is 0 Å². The molecule has 3 saturated heterocycles. The fourth-order valence-corrected chi connectivity index (χ4v) is 7.29. The van der Waals surface area contributed by atoms with E-state index in [1.165, 1.54) is 4.90 Å². The molecule has 3 amide bonds. The Kier molecular flexibility index (Phi) is 6.74. The molecule has 6 rings (SSSR count). The molecule has 9 nitrogen and oxygen atoms in total. The Morgan fingerprint density at radius 3 is 2.41 bits per heavy atom. The van der Waals surface area contributed by atoms with Crippen LogP contribution in [0.3, 0.4) is 0 Å². The Bertz CT molecular complexity index is 1510. The number of hydrogen-bond acceptors (Lipinski definition) is 6. The van der Waals surface area contributed by atoms with Crippen molar-refractivity contribution in [2.45, 2.75) is 44.4 Å². The number of nitrogens with one attached hydrogen (secondary N) is 2. The van der Waals surface area contributed by atoms with Gasteiger partial charge < -0.3 is 30.1 Å². The first-order valence-electron chi connectivity index (χ1n) is 14.2. The molecule has 3 aliphatic heterocycles. The number of nitrogens with zero attached hydrogens (tertiary/aromatic N) is 1. The van der Waals surface area contributed by atoms with Gasteiger partial charge in [0.1, 0.15) is 17.4 Å². The highest BCUT2D eigenvalue weighted by atomic mass is 16.5. The fraction of sp³-hybridized carbons (Fsp3) is 0.406. The molecule has 214 valence electrons. The zero-order valence-electron chi connectivity index (χ0n) is 23.4. The Hall–Kier alpha value is -3.95. The maximum absolute atomic E-state index is 14.0. The van der Waals surface area contributed by atoms with Gasteiger partial charge in [0.15, 0.2) is 0 Å². The van der Waals surface area contributed by atoms with Crippen LogP contribution < -0.4 is 15.4 Å². The number of likely N-dealkylation sites (tertiary alicyclic amines) is 1. The molecule has 3 heterocycles. The molecule has 2 bridgehead atoms. The monoisotopic (exact) mass is 557 g/mol. The standard InChI is InChI=1S/C32H35N3O6/c1-4-40-24-13-11-22(12-14-24)33-28(37)25-26-30(39)35(15-16-36)27(32(26)18-19(2)31(25,3)41-32)29(38)34-23-10-9-20-7-5-6-8-21(20)17-23/h5-14,17,19,25-27,36H,4,15-16,18H2,1-3H3,(H,33,37)(H,34,38)/t19?,25-,26-,27?,31+,32?/m0/s1. The highest BCUT2D eigenvalue weighted by Gasteiger charge is 2.79. The lowest BCUT2D eigenvalue weighted by Gasteiger charge is -2.36. The normalized spacial score (nSPS) is 30.0. The van der Waals surface area contributed by atoms with Crippen LogP contribution >= 0.6 is 0 Å². The van der Waals surface area contributed by atoms with Gasteiger partial charge in [-0.1, -0.05) is 37.3 Å². The molecule has 9 heteroatoms. The van der Waals surface area contributed by atoms with Crippen molar-refractivity contribution in [2.24, 2.45) is 17.8 Å². The molecule has 0 aromatic heterocycles. The maximum Gasteiger partial charge on any atom is 0.250 e. The maximum atomic E-state index is 14.0. The number of rotatable bonds is 8. The highest BCUT2D eigenvalue weighted by Crippen LogP contribution is 2.65. The van der Waals surface area contributed by atoms with Crippen LogP contribution in [0, 0.1) is 17.8 Å². The van der Waals surface area contributed by atoms with Crippen molar-refractivity contribution in [2.75, 3.05) is 30.4 Å². The summed E-state index contributed by atoms with van der Waals surface area (Å²) in [4.78, 5) is 43.2. The number of β-amino-alcohol motifs (C(OH)–C–C–N with tert-alkyl or cyclic N) is 1. The molecule has 3 N–H and O–H groups in total. The molecule has 6 atom stereocenters. The number of anilines is 2. The summed E-state index contributed by atoms with van der Waals surface area (Å²) in [5.74, 6) is -2.14. The summed E-state index contributed by atoms with van der Waals surface area (Å²) >= 11 is 0. The molecule has 0 aliphatic carbocycles. The predicted molar refractivity (Wildman–Crippen MR) is 154 cm³/mol. The zero-order chi connectivity index (χ0) is 28.9. The molecule has 3 fully saturated rings. The minimum absolute atomic E-state index is 0.0332. The summed E-state index contributed by atoms with van der Waals surface area (Å²) in [5.41, 5.74) is -0.957. The molecule has 3 aromatic carbocycles. The second-order valence-electron chi connectivity index (χ2n) is 11.5. The number of aliphatic hydroxyl groups excluding tert-OH is 1. The number of amides is 3. The van der Waals surface area contributed by atoms with E-state index in [0.29, 0.717) is 30.2 Å². The van der Waals surface area contributed by atoms with E-state index in [-0.39, 0.29) is 30.9 Å². The Balaban J connectivity index is 1.32. The Morgan fingerprint density at radius 1 is 1.02 bits per heavy atom. The van der Waals surface area contributed by atoms with Gasteiger partial charge in [-0.05, 0) is 73.4 Å². The highest BCUT2D eigenvalue weighted by molar-refractivity contribution is 6.06. The van der Waals surface area contributed by atoms with E-state index in [1.807, 2.05) is 63.2 Å². The molecule has 3 aromatic rings. The van der Waals surface area contributed by atoms with Crippen molar-refractivity contribution in [3.63, 3.8) is 0 Å². The molecule has 0 radical (unpaired) electrons. The number of fused-ring (bicyclic) bond motifs is 2. The summed E-state index contributed by atoms with van der Waals surface area (Å²) in [7, 11) is 0. The van der Waals surface area contributed by atoms with Gasteiger partial charge in [-0.25, -0.2) is 0 Å². The van der Waals surface area contributed by atoms with Crippen LogP contribution in [-0.4, -0.2) is 64.7 Å². The van der Waals surface area contributed by atoms with Gasteiger partial charge in [-0.3, -0.25) is 14.4 Å². The minimum atomic E-state index is -1.19. The average molecular weight is 558 g/mol. The number of carbonyl (C=O) groups excluding carboxylic acids is 3. The van der Waals surface area contributed by atoms with Crippen LogP contribution in [-0.2, 0) is 19.1 Å². The first-order valence-corrected chi connectivity index (χ1v) is 14.2. The van der Waals surface area contributed by atoms with E-state index in [2.05, 4.69) is 10.6 Å². The summed E-state index contributed by atoms with van der Waals surface area (Å²) < 4.78 is 12.2. The van der Waals surface area contributed by atoms with Crippen molar-refractivity contribution in [3.05, 3.63) is 66.7 Å². The van der Waals surface area contributed by atoms with Gasteiger partial charge in [0.05, 0.1) is 30.7 Å². The lowest BCUT2D eigenvalue weighted by atomic mass is 9.62. The minimum Gasteiger partial charge on any atom is -0.494 e. The molecule has 41 heavy (non-hydrogen) atoms. The third-order valence-electron chi connectivity index (χ3n) is 9.14. The first-order chi connectivity index (χ1) is 19.7. The van der Waals surface area contributed by atoms with Crippen LogP contribution in [0.2, 0.25) is 0 Å². The third kappa shape index (κ3) is 4.26. The van der Waals surface area contributed by atoms with E-state index in [0.717, 1.165) is 10.8 Å². The van der Waals surface area contributed by atoms with Crippen molar-refractivity contribution in [1.82, 2.24) is 4.90 Å². The van der Waals surface area contributed by atoms with E-state index >= 15 is 0 Å². The van der Waals surface area contributed by atoms with E-state index in [9.17, 15) is 19.5 Å². The quantitative estimate of drug-likeness (QED) is 0.388. The Labute approximate surface area is 238 Å². The predicted octanol–water partition coefficient (Wildman–Crippen LogP) is 3.82. The second kappa shape index (κ2) is 10.2. The van der Waals surface area contributed by atoms with Gasteiger partial charge in [0, 0.05) is 17.9 Å². The van der Waals surface area contributed by atoms with Crippen molar-refractivity contribution >= 4 is 39.9 Å². The van der Waals surface area contributed by atoms with Crippen LogP contribution in [0.4, 0.5) is 11.4 Å². The largest absolute Gasteiger partial charge is 0.494 e. The molecular weight excluding hydrogens is 522 g/mol. The van der Waals surface area contributed by atoms with E-state index in [1.54, 1.807) is 24.3 Å². The van der Waals surface area contributed by atoms with Crippen molar-refractivity contribution in [1.29, 1.82) is 0 Å². The second-order valence-corrected chi connectivity index (χ2v) is 11.5. The van der Waals surface area contributed by atoms with E-state index in [4.69, 9.17) is 9.47 Å². The lowest BCUT2D eigenvalue weighted by Crippen LogP contribution is -2.54. The molecule has 0 saturated carbocycles. The van der Waals surface area contributed by atoms with Crippen LogP contribution in [0.1, 0.15) is 27.2 Å². The van der Waals surface area contributed by atoms with Crippen LogP contribution in [0.25, 0.3) is 10.8 Å². The molecule has 3 aliphatic rings. The number of ether oxygens (including phenoxy) is 2. The lowest BCUT2D eigenvalue weighted by molar-refractivity contribution is -0.144. The third-order valence-corrected chi connectivity index (χ3v) is 9.14. The van der Waals surface area contributed by atoms with Gasteiger partial charge in [0.2, 0.25) is 17.7 Å². The van der Waals surface area contributed by atoms with Crippen molar-refractivity contribution in [3.8, 4) is 5.75 Å². The number of hydrogen-bond donors (Lipinski definition) is 3. The van der Waals surface area contributed by atoms with Crippen molar-refractivity contribution < 1.29 is 29.0 Å². The number of benzene rings is 3. The summed E-state index contributed by atoms with van der Waals surface area (Å²) in [6.07, 6.45) is 0.449. The summed E-state index contributed by atoms with van der Waals surface area (Å²) in [6.45, 7) is 5.96. The van der Waals surface area contributed by atoms with Gasteiger partial charge in [0.25, 0.3) is 0 Å². The SMILES string of the molecule is CCOc1ccc(NC(=O)[C@@H]2[C@H]3C(=O)N(CCO)C(C(=O)Nc4ccc5ccccc5c4)C34CC(C)[C@@]2(C)O4)cc1. The summed E-state index contributed by atoms with van der Waals surface area (Å²) in [5, 5.41) is 17.8. The number of carbonyl (C=O) groups is 3. The summed E-state index contributed by atoms with van der Waals surface area (Å²) in [6, 6.07) is 19.6. The van der Waals surface area contributed by atoms with Crippen LogP contribution in [0.5, 0.6) is 5.75 Å². The fourth-order valence-electron chi connectivity index (χ4n) is 7.29. The average Bonchev–Trinajstić information content (AvgIpc) is 3.46. The Morgan fingerprint density at radius 2 is 1.71 bits per heavy atom. The molecule has 3 unspecified atom stereocenters. The smallest absolute Gasteiger partial charge is 0.250 e. The molecule has 1 spiro atoms.